The molecule has 3 rings (SSSR count). The minimum Gasteiger partial charge on any atom is -0.363 e. The molecule has 4 nitrogen and oxygen atoms in total. The number of aromatic nitrogens is 3. The third-order valence-corrected chi connectivity index (χ3v) is 3.67. The van der Waals surface area contributed by atoms with Crippen LogP contribution < -0.4 is 5.32 Å². The maximum atomic E-state index is 4.47. The van der Waals surface area contributed by atoms with E-state index in [1.54, 1.807) is 6.20 Å². The highest BCUT2D eigenvalue weighted by molar-refractivity contribution is 9.10. The summed E-state index contributed by atoms with van der Waals surface area (Å²) in [7, 11) is 0. The van der Waals surface area contributed by atoms with Crippen LogP contribution in [0.3, 0.4) is 0 Å². The Morgan fingerprint density at radius 2 is 2.05 bits per heavy atom. The number of hydrogen-bond acceptors (Lipinski definition) is 3. The third-order valence-electron chi connectivity index (χ3n) is 3.29. The van der Waals surface area contributed by atoms with Gasteiger partial charge in [-0.05, 0) is 33.5 Å². The Kier molecular flexibility index (Phi) is 3.69. The molecule has 2 aromatic heterocycles. The van der Waals surface area contributed by atoms with Crippen LogP contribution >= 0.6 is 15.9 Å². The number of benzene rings is 1. The van der Waals surface area contributed by atoms with Crippen LogP contribution in [0.15, 0.2) is 47.5 Å². The first-order valence-corrected chi connectivity index (χ1v) is 7.37. The van der Waals surface area contributed by atoms with Crippen LogP contribution in [0.5, 0.6) is 0 Å². The first-order chi connectivity index (χ1) is 9.78. The van der Waals surface area contributed by atoms with Crippen molar-refractivity contribution in [2.45, 2.75) is 19.9 Å². The molecule has 3 aromatic rings. The third kappa shape index (κ3) is 2.54. The molecule has 0 fully saturated rings. The topological polar surface area (TPSA) is 42.2 Å². The quantitative estimate of drug-likeness (QED) is 0.793. The fourth-order valence-electron chi connectivity index (χ4n) is 2.27. The number of fused-ring (bicyclic) bond motifs is 1. The standard InChI is InChI=1S/C15H15BrN4/c1-2-11-5-3-4-6-12(11)9-18-14-15-17-7-8-20(15)10-13(16)19-14/h3-8,10H,2,9H2,1H3,(H,18,19). The molecule has 0 radical (unpaired) electrons. The van der Waals surface area contributed by atoms with Crippen molar-refractivity contribution in [2.75, 3.05) is 5.32 Å². The van der Waals surface area contributed by atoms with Gasteiger partial charge >= 0.3 is 0 Å². The summed E-state index contributed by atoms with van der Waals surface area (Å²) in [5.74, 6) is 0.787. The largest absolute Gasteiger partial charge is 0.363 e. The van der Waals surface area contributed by atoms with Crippen molar-refractivity contribution in [3.05, 3.63) is 58.6 Å². The van der Waals surface area contributed by atoms with E-state index >= 15 is 0 Å². The minimum atomic E-state index is 0.746. The highest BCUT2D eigenvalue weighted by atomic mass is 79.9. The lowest BCUT2D eigenvalue weighted by Gasteiger charge is -2.10. The lowest BCUT2D eigenvalue weighted by Crippen LogP contribution is -2.06. The van der Waals surface area contributed by atoms with E-state index in [4.69, 9.17) is 0 Å². The fourth-order valence-corrected chi connectivity index (χ4v) is 2.67. The molecule has 0 spiro atoms. The molecule has 1 aromatic carbocycles. The summed E-state index contributed by atoms with van der Waals surface area (Å²) in [5.41, 5.74) is 3.48. The second kappa shape index (κ2) is 5.63. The van der Waals surface area contributed by atoms with Crippen molar-refractivity contribution in [1.82, 2.24) is 14.4 Å². The summed E-state index contributed by atoms with van der Waals surface area (Å²) in [4.78, 5) is 8.80. The van der Waals surface area contributed by atoms with Crippen LogP contribution in [0, 0.1) is 0 Å². The van der Waals surface area contributed by atoms with Gasteiger partial charge < -0.3 is 9.72 Å². The zero-order valence-electron chi connectivity index (χ0n) is 11.2. The molecule has 2 heterocycles. The monoisotopic (exact) mass is 330 g/mol. The maximum absolute atomic E-state index is 4.47. The second-order valence-electron chi connectivity index (χ2n) is 4.55. The summed E-state index contributed by atoms with van der Waals surface area (Å²) < 4.78 is 2.74. The van der Waals surface area contributed by atoms with Gasteiger partial charge in [-0.2, -0.15) is 0 Å². The summed E-state index contributed by atoms with van der Waals surface area (Å²) in [5, 5.41) is 3.38. The van der Waals surface area contributed by atoms with Gasteiger partial charge in [0.25, 0.3) is 0 Å². The molecule has 1 N–H and O–H groups in total. The predicted octanol–water partition coefficient (Wildman–Crippen LogP) is 3.67. The van der Waals surface area contributed by atoms with Gasteiger partial charge in [0, 0.05) is 25.1 Å². The van der Waals surface area contributed by atoms with Crippen molar-refractivity contribution in [3.8, 4) is 0 Å². The Morgan fingerprint density at radius 1 is 1.25 bits per heavy atom. The number of anilines is 1. The average Bonchev–Trinajstić information content (AvgIpc) is 2.93. The van der Waals surface area contributed by atoms with Crippen LogP contribution in [0.1, 0.15) is 18.1 Å². The number of nitrogens with one attached hydrogen (secondary N) is 1. The fraction of sp³-hybridized carbons (Fsp3) is 0.200. The lowest BCUT2D eigenvalue weighted by molar-refractivity contribution is 1.02. The van der Waals surface area contributed by atoms with E-state index in [1.165, 1.54) is 11.1 Å². The van der Waals surface area contributed by atoms with E-state index in [-0.39, 0.29) is 0 Å². The molecule has 5 heteroatoms. The molecule has 0 aliphatic heterocycles. The van der Waals surface area contributed by atoms with Crippen LogP contribution in [-0.4, -0.2) is 14.4 Å². The number of hydrogen-bond donors (Lipinski definition) is 1. The van der Waals surface area contributed by atoms with Crippen molar-refractivity contribution in [2.24, 2.45) is 0 Å². The Bertz CT molecular complexity index is 736. The van der Waals surface area contributed by atoms with Gasteiger partial charge in [0.1, 0.15) is 4.60 Å². The van der Waals surface area contributed by atoms with Gasteiger partial charge in [0.15, 0.2) is 11.5 Å². The Labute approximate surface area is 126 Å². The van der Waals surface area contributed by atoms with Crippen molar-refractivity contribution in [3.63, 3.8) is 0 Å². The van der Waals surface area contributed by atoms with Gasteiger partial charge in [-0.25, -0.2) is 9.97 Å². The van der Waals surface area contributed by atoms with Gasteiger partial charge in [0.05, 0.1) is 0 Å². The van der Waals surface area contributed by atoms with E-state index in [0.29, 0.717) is 0 Å². The molecular weight excluding hydrogens is 316 g/mol. The molecule has 0 unspecified atom stereocenters. The maximum Gasteiger partial charge on any atom is 0.180 e. The predicted molar refractivity (Wildman–Crippen MR) is 83.8 cm³/mol. The lowest BCUT2D eigenvalue weighted by atomic mass is 10.1. The number of imidazole rings is 1. The van der Waals surface area contributed by atoms with E-state index < -0.39 is 0 Å². The first-order valence-electron chi connectivity index (χ1n) is 6.58. The summed E-state index contributed by atoms with van der Waals surface area (Å²) >= 11 is 3.42. The molecule has 0 aliphatic rings. The summed E-state index contributed by atoms with van der Waals surface area (Å²) in [6, 6.07) is 8.45. The first kappa shape index (κ1) is 13.1. The van der Waals surface area contributed by atoms with Gasteiger partial charge in [0.2, 0.25) is 0 Å². The van der Waals surface area contributed by atoms with E-state index in [1.807, 2.05) is 16.8 Å². The molecule has 0 amide bonds. The molecule has 0 aliphatic carbocycles. The Morgan fingerprint density at radius 3 is 2.85 bits per heavy atom. The molecule has 20 heavy (non-hydrogen) atoms. The van der Waals surface area contributed by atoms with Crippen molar-refractivity contribution >= 4 is 27.4 Å². The zero-order chi connectivity index (χ0) is 13.9. The van der Waals surface area contributed by atoms with Gasteiger partial charge in [-0.3, -0.25) is 0 Å². The summed E-state index contributed by atoms with van der Waals surface area (Å²) in [6.45, 7) is 2.92. The van der Waals surface area contributed by atoms with Crippen molar-refractivity contribution in [1.29, 1.82) is 0 Å². The second-order valence-corrected chi connectivity index (χ2v) is 5.36. The van der Waals surface area contributed by atoms with Crippen LogP contribution in [0.25, 0.3) is 5.65 Å². The minimum absolute atomic E-state index is 0.746. The summed E-state index contributed by atoms with van der Waals surface area (Å²) in [6.07, 6.45) is 6.61. The van der Waals surface area contributed by atoms with E-state index in [2.05, 4.69) is 62.4 Å². The number of nitrogens with zero attached hydrogens (tertiary/aromatic N) is 3. The highest BCUT2D eigenvalue weighted by Gasteiger charge is 2.07. The Balaban J connectivity index is 1.88. The van der Waals surface area contributed by atoms with E-state index in [0.717, 1.165) is 29.0 Å². The SMILES string of the molecule is CCc1ccccc1CNc1nc(Br)cn2ccnc12. The molecule has 0 atom stereocenters. The van der Waals surface area contributed by atoms with Crippen LogP contribution in [-0.2, 0) is 13.0 Å². The molecule has 0 saturated heterocycles. The highest BCUT2D eigenvalue weighted by Crippen LogP contribution is 2.18. The van der Waals surface area contributed by atoms with Crippen molar-refractivity contribution < 1.29 is 0 Å². The molecule has 0 bridgehead atoms. The van der Waals surface area contributed by atoms with Gasteiger partial charge in [-0.1, -0.05) is 31.2 Å². The van der Waals surface area contributed by atoms with Crippen LogP contribution in [0.4, 0.5) is 5.82 Å². The smallest absolute Gasteiger partial charge is 0.180 e. The normalized spacial score (nSPS) is 10.9. The average molecular weight is 331 g/mol. The van der Waals surface area contributed by atoms with E-state index in [9.17, 15) is 0 Å². The number of aryl methyl sites for hydroxylation is 1. The molecule has 0 saturated carbocycles. The molecular formula is C15H15BrN4. The zero-order valence-corrected chi connectivity index (χ0v) is 12.8. The number of rotatable bonds is 4. The van der Waals surface area contributed by atoms with Gasteiger partial charge in [-0.15, -0.1) is 0 Å². The van der Waals surface area contributed by atoms with Crippen LogP contribution in [0.2, 0.25) is 0 Å². The Hall–Kier alpha value is -1.88. The number of halogens is 1. The molecule has 102 valence electrons.